The highest BCUT2D eigenvalue weighted by Crippen LogP contribution is 2.27. The van der Waals surface area contributed by atoms with Gasteiger partial charge in [-0.25, -0.2) is 0 Å². The Morgan fingerprint density at radius 3 is 2.60 bits per heavy atom. The Labute approximate surface area is 148 Å². The van der Waals surface area contributed by atoms with Crippen molar-refractivity contribution in [2.75, 3.05) is 13.7 Å². The van der Waals surface area contributed by atoms with E-state index < -0.39 is 0 Å². The number of amides is 1. The third-order valence-corrected chi connectivity index (χ3v) is 3.80. The Morgan fingerprint density at radius 2 is 1.92 bits per heavy atom. The Kier molecular flexibility index (Phi) is 7.01. The van der Waals surface area contributed by atoms with Gasteiger partial charge in [-0.05, 0) is 43.5 Å². The zero-order valence-corrected chi connectivity index (χ0v) is 14.5. The molecule has 0 saturated heterocycles. The average Bonchev–Trinajstić information content (AvgIpc) is 2.65. The lowest BCUT2D eigenvalue weighted by Gasteiger charge is -2.15. The summed E-state index contributed by atoms with van der Waals surface area (Å²) >= 11 is 0. The van der Waals surface area contributed by atoms with E-state index in [2.05, 4.69) is 17.4 Å². The predicted octanol–water partition coefficient (Wildman–Crippen LogP) is 3.02. The Bertz CT molecular complexity index is 700. The first-order chi connectivity index (χ1) is 12.1. The molecule has 0 aromatic heterocycles. The quantitative estimate of drug-likeness (QED) is 0.712. The second-order valence-electron chi connectivity index (χ2n) is 5.81. The fraction of sp³-hybridized carbons (Fsp3) is 0.300. The molecule has 2 rings (SSSR count). The minimum atomic E-state index is -0.193. The molecule has 0 aliphatic heterocycles. The number of aldehydes is 1. The molecule has 1 amide bonds. The molecule has 0 aliphatic rings. The van der Waals surface area contributed by atoms with Crippen LogP contribution in [0.2, 0.25) is 0 Å². The largest absolute Gasteiger partial charge is 0.493 e. The van der Waals surface area contributed by atoms with Crippen LogP contribution < -0.4 is 14.8 Å². The maximum Gasteiger partial charge on any atom is 0.258 e. The van der Waals surface area contributed by atoms with Crippen LogP contribution in [0.5, 0.6) is 11.5 Å². The summed E-state index contributed by atoms with van der Waals surface area (Å²) in [4.78, 5) is 22.8. The van der Waals surface area contributed by atoms with E-state index in [9.17, 15) is 9.59 Å². The Morgan fingerprint density at radius 1 is 1.16 bits per heavy atom. The van der Waals surface area contributed by atoms with Gasteiger partial charge in [-0.2, -0.15) is 0 Å². The molecule has 0 fully saturated rings. The summed E-state index contributed by atoms with van der Waals surface area (Å²) in [6, 6.07) is 15.0. The number of aryl methyl sites for hydroxylation is 1. The van der Waals surface area contributed by atoms with Crippen LogP contribution in [0, 0.1) is 0 Å². The van der Waals surface area contributed by atoms with Crippen LogP contribution in [0.1, 0.15) is 29.3 Å². The summed E-state index contributed by atoms with van der Waals surface area (Å²) in [7, 11) is 1.49. The van der Waals surface area contributed by atoms with Gasteiger partial charge in [0.25, 0.3) is 5.91 Å². The minimum Gasteiger partial charge on any atom is -0.493 e. The molecule has 0 bridgehead atoms. The number of ether oxygens (including phenoxy) is 2. The van der Waals surface area contributed by atoms with Crippen LogP contribution in [0.25, 0.3) is 0 Å². The first-order valence-corrected chi connectivity index (χ1v) is 8.21. The molecule has 0 heterocycles. The average molecular weight is 341 g/mol. The minimum absolute atomic E-state index is 0.0515. The summed E-state index contributed by atoms with van der Waals surface area (Å²) in [5.41, 5.74) is 1.74. The number of carbonyl (C=O) groups excluding carboxylic acids is 2. The molecule has 1 N–H and O–H groups in total. The highest BCUT2D eigenvalue weighted by Gasteiger charge is 2.11. The number of hydrogen-bond donors (Lipinski definition) is 1. The standard InChI is InChI=1S/C20H23NO4/c1-15(8-9-16-6-4-3-5-7-16)21-20(23)14-25-18-11-10-17(13-22)12-19(18)24-2/h3-7,10-13,15H,8-9,14H2,1-2H3,(H,21,23)/t15-/m0/s1. The van der Waals surface area contributed by atoms with Gasteiger partial charge in [-0.15, -0.1) is 0 Å². The summed E-state index contributed by atoms with van der Waals surface area (Å²) in [6.45, 7) is 1.87. The molecule has 2 aromatic rings. The van der Waals surface area contributed by atoms with Gasteiger partial charge in [0.05, 0.1) is 7.11 Å². The molecular formula is C20H23NO4. The molecule has 0 saturated carbocycles. The smallest absolute Gasteiger partial charge is 0.258 e. The number of nitrogens with one attached hydrogen (secondary N) is 1. The predicted molar refractivity (Wildman–Crippen MR) is 96.2 cm³/mol. The Hall–Kier alpha value is -2.82. The van der Waals surface area contributed by atoms with E-state index in [0.717, 1.165) is 19.1 Å². The summed E-state index contributed by atoms with van der Waals surface area (Å²) in [5, 5.41) is 2.92. The summed E-state index contributed by atoms with van der Waals surface area (Å²) < 4.78 is 10.7. The molecule has 2 aromatic carbocycles. The van der Waals surface area contributed by atoms with Crippen LogP contribution >= 0.6 is 0 Å². The van der Waals surface area contributed by atoms with Crippen LogP contribution in [-0.4, -0.2) is 32.0 Å². The van der Waals surface area contributed by atoms with Crippen molar-refractivity contribution in [3.63, 3.8) is 0 Å². The molecule has 0 radical (unpaired) electrons. The van der Waals surface area contributed by atoms with Crippen molar-refractivity contribution in [2.45, 2.75) is 25.8 Å². The molecule has 132 valence electrons. The third-order valence-electron chi connectivity index (χ3n) is 3.80. The van der Waals surface area contributed by atoms with Gasteiger partial charge in [0, 0.05) is 11.6 Å². The van der Waals surface area contributed by atoms with E-state index in [4.69, 9.17) is 9.47 Å². The monoisotopic (exact) mass is 341 g/mol. The molecule has 5 heteroatoms. The van der Waals surface area contributed by atoms with Gasteiger partial charge in [-0.1, -0.05) is 30.3 Å². The molecule has 25 heavy (non-hydrogen) atoms. The number of hydrogen-bond acceptors (Lipinski definition) is 4. The maximum atomic E-state index is 12.0. The SMILES string of the molecule is COc1cc(C=O)ccc1OCC(=O)N[C@@H](C)CCc1ccccc1. The second kappa shape index (κ2) is 9.47. The number of methoxy groups -OCH3 is 1. The third kappa shape index (κ3) is 5.95. The first kappa shape index (κ1) is 18.5. The van der Waals surface area contributed by atoms with Crippen LogP contribution in [-0.2, 0) is 11.2 Å². The van der Waals surface area contributed by atoms with Gasteiger partial charge in [0.2, 0.25) is 0 Å². The van der Waals surface area contributed by atoms with Gasteiger partial charge >= 0.3 is 0 Å². The van der Waals surface area contributed by atoms with E-state index in [1.807, 2.05) is 25.1 Å². The van der Waals surface area contributed by atoms with E-state index in [0.29, 0.717) is 17.1 Å². The molecule has 0 aliphatic carbocycles. The van der Waals surface area contributed by atoms with Crippen molar-refractivity contribution >= 4 is 12.2 Å². The van der Waals surface area contributed by atoms with E-state index >= 15 is 0 Å². The summed E-state index contributed by atoms with van der Waals surface area (Å²) in [6.07, 6.45) is 2.49. The topological polar surface area (TPSA) is 64.6 Å². The van der Waals surface area contributed by atoms with Gasteiger partial charge in [0.1, 0.15) is 6.29 Å². The van der Waals surface area contributed by atoms with Crippen molar-refractivity contribution in [2.24, 2.45) is 0 Å². The summed E-state index contributed by atoms with van der Waals surface area (Å²) in [5.74, 6) is 0.664. The highest BCUT2D eigenvalue weighted by molar-refractivity contribution is 5.78. The van der Waals surface area contributed by atoms with Crippen molar-refractivity contribution < 1.29 is 19.1 Å². The van der Waals surface area contributed by atoms with Gasteiger partial charge in [0.15, 0.2) is 18.1 Å². The van der Waals surface area contributed by atoms with Crippen molar-refractivity contribution in [3.8, 4) is 11.5 Å². The van der Waals surface area contributed by atoms with E-state index in [1.165, 1.54) is 12.7 Å². The van der Waals surface area contributed by atoms with Crippen LogP contribution in [0.3, 0.4) is 0 Å². The molecule has 5 nitrogen and oxygen atoms in total. The molecule has 0 spiro atoms. The fourth-order valence-corrected chi connectivity index (χ4v) is 2.44. The molecule has 1 atom stereocenters. The number of benzene rings is 2. The van der Waals surface area contributed by atoms with Crippen molar-refractivity contribution in [1.82, 2.24) is 5.32 Å². The fourth-order valence-electron chi connectivity index (χ4n) is 2.44. The number of rotatable bonds is 9. The van der Waals surface area contributed by atoms with Crippen LogP contribution in [0.15, 0.2) is 48.5 Å². The zero-order chi connectivity index (χ0) is 18.1. The van der Waals surface area contributed by atoms with Crippen molar-refractivity contribution in [3.05, 3.63) is 59.7 Å². The lowest BCUT2D eigenvalue weighted by atomic mass is 10.1. The normalized spacial score (nSPS) is 11.4. The first-order valence-electron chi connectivity index (χ1n) is 8.21. The van der Waals surface area contributed by atoms with Gasteiger partial charge in [-0.3, -0.25) is 9.59 Å². The lowest BCUT2D eigenvalue weighted by Crippen LogP contribution is -2.36. The number of carbonyl (C=O) groups is 2. The second-order valence-corrected chi connectivity index (χ2v) is 5.81. The Balaban J connectivity index is 1.79. The molecular weight excluding hydrogens is 318 g/mol. The zero-order valence-electron chi connectivity index (χ0n) is 14.5. The van der Waals surface area contributed by atoms with E-state index in [-0.39, 0.29) is 18.6 Å². The molecule has 0 unspecified atom stereocenters. The highest BCUT2D eigenvalue weighted by atomic mass is 16.5. The van der Waals surface area contributed by atoms with Gasteiger partial charge < -0.3 is 14.8 Å². The van der Waals surface area contributed by atoms with E-state index in [1.54, 1.807) is 18.2 Å². The lowest BCUT2D eigenvalue weighted by molar-refractivity contribution is -0.123. The van der Waals surface area contributed by atoms with Crippen LogP contribution in [0.4, 0.5) is 0 Å². The maximum absolute atomic E-state index is 12.0. The van der Waals surface area contributed by atoms with Crippen molar-refractivity contribution in [1.29, 1.82) is 0 Å².